The Balaban J connectivity index is 4.61. The first kappa shape index (κ1) is 12.0. The molecule has 0 unspecified atom stereocenters. The molecule has 0 bridgehead atoms. The summed E-state index contributed by atoms with van der Waals surface area (Å²) in [6.45, 7) is 0. The van der Waals surface area contributed by atoms with Crippen molar-refractivity contribution in [1.29, 1.82) is 0 Å². The zero-order valence-corrected chi connectivity index (χ0v) is 10.3. The van der Waals surface area contributed by atoms with Crippen molar-refractivity contribution in [2.24, 2.45) is 4.52 Å². The standard InChI is InChI=1S/CH3Cl4NOP2S/c1-10-9(4,5)6-8(2,3)7/h1H3. The molecule has 0 spiro atoms. The van der Waals surface area contributed by atoms with Crippen LogP contribution in [0.25, 0.3) is 0 Å². The van der Waals surface area contributed by atoms with Gasteiger partial charge in [-0.2, -0.15) is 4.52 Å². The van der Waals surface area contributed by atoms with Crippen LogP contribution < -0.4 is 0 Å². The van der Waals surface area contributed by atoms with E-state index in [0.717, 1.165) is 11.4 Å². The summed E-state index contributed by atoms with van der Waals surface area (Å²) in [6.07, 6.45) is 1.64. The molecular weight excluding hydrogens is 278 g/mol. The third-order valence-corrected chi connectivity index (χ3v) is 9.43. The van der Waals surface area contributed by atoms with Gasteiger partial charge in [-0.15, -0.1) is 0 Å². The molecule has 62 valence electrons. The average molecular weight is 281 g/mol. The molecule has 0 N–H and O–H groups in total. The summed E-state index contributed by atoms with van der Waals surface area (Å²) < 4.78 is 13.9. The van der Waals surface area contributed by atoms with Gasteiger partial charge in [-0.1, -0.05) is 11.4 Å². The fourth-order valence-corrected chi connectivity index (χ4v) is 8.51. The Kier molecular flexibility index (Phi) is 5.12. The molecule has 0 rings (SSSR count). The lowest BCUT2D eigenvalue weighted by atomic mass is 12.0. The normalized spacial score (nSPS) is 13.3. The van der Waals surface area contributed by atoms with Gasteiger partial charge in [0.1, 0.15) is 0 Å². The number of hydrogen-bond acceptors (Lipinski definition) is 2. The van der Waals surface area contributed by atoms with Crippen LogP contribution in [0, 0.1) is 0 Å². The lowest BCUT2D eigenvalue weighted by Gasteiger charge is -2.03. The number of halogens is 4. The molecule has 0 heterocycles. The molecule has 0 saturated heterocycles. The van der Waals surface area contributed by atoms with Crippen LogP contribution in [0.5, 0.6) is 0 Å². The van der Waals surface area contributed by atoms with E-state index in [2.05, 4.69) is 4.52 Å². The van der Waals surface area contributed by atoms with Gasteiger partial charge < -0.3 is 0 Å². The Labute approximate surface area is 82.3 Å². The lowest BCUT2D eigenvalue weighted by Crippen LogP contribution is -1.48. The lowest BCUT2D eigenvalue weighted by molar-refractivity contribution is 0.594. The first-order chi connectivity index (χ1) is 4.27. The Bertz CT molecular complexity index is 205. The van der Waals surface area contributed by atoms with Gasteiger partial charge in [-0.3, -0.25) is 4.57 Å². The summed E-state index contributed by atoms with van der Waals surface area (Å²) in [7, 11) is 0. The predicted molar refractivity (Wildman–Crippen MR) is 53.9 cm³/mol. The Hall–Kier alpha value is 1.97. The van der Waals surface area contributed by atoms with Gasteiger partial charge in [0.2, 0.25) is 0 Å². The summed E-state index contributed by atoms with van der Waals surface area (Å²) >= 11 is 22.4. The first-order valence-electron chi connectivity index (χ1n) is 1.85. The van der Waals surface area contributed by atoms with Crippen LogP contribution in [-0.2, 0) is 4.57 Å². The number of nitrogens with zero attached hydrogens (tertiary/aromatic N) is 1. The van der Waals surface area contributed by atoms with Crippen molar-refractivity contribution in [3.05, 3.63) is 0 Å². The van der Waals surface area contributed by atoms with Gasteiger partial charge >= 0.3 is 6.00 Å². The smallest absolute Gasteiger partial charge is 0.262 e. The van der Waals surface area contributed by atoms with Gasteiger partial charge in [0, 0.05) is 0 Å². The van der Waals surface area contributed by atoms with Gasteiger partial charge in [-0.25, -0.2) is 0 Å². The maximum absolute atomic E-state index is 10.6. The van der Waals surface area contributed by atoms with Crippen molar-refractivity contribution < 1.29 is 4.57 Å². The molecule has 0 radical (unpaired) electrons. The topological polar surface area (TPSA) is 29.4 Å². The highest BCUT2D eigenvalue weighted by Crippen LogP contribution is 2.77. The Morgan fingerprint density at radius 1 is 1.30 bits per heavy atom. The molecule has 0 aliphatic rings. The molecule has 0 amide bonds. The van der Waals surface area contributed by atoms with Crippen molar-refractivity contribution in [3.8, 4) is 0 Å². The summed E-state index contributed by atoms with van der Waals surface area (Å²) in [4.78, 5) is -2.59. The van der Waals surface area contributed by atoms with E-state index in [-0.39, 0.29) is 0 Å². The van der Waals surface area contributed by atoms with Crippen molar-refractivity contribution in [2.45, 2.75) is 0 Å². The van der Waals surface area contributed by atoms with Crippen LogP contribution in [-0.4, -0.2) is 6.26 Å². The molecule has 0 aromatic rings. The van der Waals surface area contributed by atoms with E-state index >= 15 is 0 Å². The van der Waals surface area contributed by atoms with Crippen molar-refractivity contribution in [3.63, 3.8) is 0 Å². The summed E-state index contributed by atoms with van der Waals surface area (Å²) in [5.41, 5.74) is 0. The van der Waals surface area contributed by atoms with Crippen LogP contribution in [0.1, 0.15) is 0 Å². The number of rotatable bonds is 2. The minimum atomic E-state index is -3.47. The van der Waals surface area contributed by atoms with E-state index in [4.69, 9.17) is 45.0 Å². The second kappa shape index (κ2) is 4.28. The van der Waals surface area contributed by atoms with Gasteiger partial charge in [0.15, 0.2) is 4.96 Å². The number of hydrogen-bond donors (Lipinski definition) is 0. The molecule has 2 nitrogen and oxygen atoms in total. The maximum Gasteiger partial charge on any atom is 0.365 e. The van der Waals surface area contributed by atoms with Crippen LogP contribution in [0.2, 0.25) is 0 Å². The molecule has 10 heavy (non-hydrogen) atoms. The zero-order chi connectivity index (χ0) is 8.41. The summed E-state index contributed by atoms with van der Waals surface area (Å²) in [5.74, 6) is -3.47. The second-order valence-electron chi connectivity index (χ2n) is 1.14. The van der Waals surface area contributed by atoms with E-state index in [1.807, 2.05) is 0 Å². The van der Waals surface area contributed by atoms with E-state index in [1.165, 1.54) is 0 Å². The minimum absolute atomic E-state index is 1.09. The molecule has 0 fully saturated rings. The van der Waals surface area contributed by atoms with Gasteiger partial charge in [-0.05, 0) is 51.2 Å². The molecule has 0 atom stereocenters. The van der Waals surface area contributed by atoms with Gasteiger partial charge in [0.25, 0.3) is 0 Å². The van der Waals surface area contributed by atoms with E-state index in [9.17, 15) is 4.57 Å². The Morgan fingerprint density at radius 2 is 1.70 bits per heavy atom. The quantitative estimate of drug-likeness (QED) is 0.637. The average Bonchev–Trinajstić information content (AvgIpc) is 1.60. The fraction of sp³-hybridized carbons (Fsp3) is 1.00. The molecule has 0 aromatic carbocycles. The molecular formula is CH3Cl4NOP2S. The highest BCUT2D eigenvalue weighted by Gasteiger charge is 2.19. The van der Waals surface area contributed by atoms with Crippen molar-refractivity contribution in [1.82, 2.24) is 0 Å². The summed E-state index contributed by atoms with van der Waals surface area (Å²) in [5, 5.41) is 0. The fourth-order valence-electron chi connectivity index (χ4n) is 0.158. The third kappa shape index (κ3) is 6.67. The van der Waals surface area contributed by atoms with Crippen LogP contribution in [0.4, 0.5) is 0 Å². The molecule has 0 aliphatic carbocycles. The van der Waals surface area contributed by atoms with Crippen LogP contribution >= 0.6 is 67.3 Å². The zero-order valence-electron chi connectivity index (χ0n) is 4.67. The van der Waals surface area contributed by atoms with E-state index < -0.39 is 11.0 Å². The van der Waals surface area contributed by atoms with E-state index in [0.29, 0.717) is 0 Å². The molecule has 0 saturated carbocycles. The van der Waals surface area contributed by atoms with E-state index in [1.54, 1.807) is 6.26 Å². The largest absolute Gasteiger partial charge is 0.365 e. The molecule has 9 heteroatoms. The van der Waals surface area contributed by atoms with Crippen LogP contribution in [0.3, 0.4) is 0 Å². The molecule has 0 aromatic heterocycles. The van der Waals surface area contributed by atoms with Crippen molar-refractivity contribution >= 4 is 67.3 Å². The summed E-state index contributed by atoms with van der Waals surface area (Å²) in [6, 6.07) is 0. The second-order valence-corrected chi connectivity index (χ2v) is 14.6. The Morgan fingerprint density at radius 3 is 1.80 bits per heavy atom. The third-order valence-electron chi connectivity index (χ3n) is 0.428. The minimum Gasteiger partial charge on any atom is -0.262 e. The monoisotopic (exact) mass is 279 g/mol. The maximum atomic E-state index is 10.6. The van der Waals surface area contributed by atoms with Crippen molar-refractivity contribution in [2.75, 3.05) is 6.26 Å². The van der Waals surface area contributed by atoms with Gasteiger partial charge in [0.05, 0.1) is 0 Å². The first-order valence-corrected chi connectivity index (χ1v) is 10.7. The highest BCUT2D eigenvalue weighted by atomic mass is 35.9. The SMILES string of the molecule is CSP(Cl)(Cl)=NP(=O)(Cl)Cl. The predicted octanol–water partition coefficient (Wildman–Crippen LogP) is 5.36. The van der Waals surface area contributed by atoms with Crippen LogP contribution in [0.15, 0.2) is 4.52 Å². The molecule has 0 aliphatic heterocycles. The highest BCUT2D eigenvalue weighted by molar-refractivity contribution is 8.74.